The Morgan fingerprint density at radius 2 is 1.97 bits per heavy atom. The van der Waals surface area contributed by atoms with E-state index in [1.54, 1.807) is 18.2 Å². The molecule has 0 N–H and O–H groups in total. The third-order valence-electron chi connectivity index (χ3n) is 5.00. The molecule has 0 unspecified atom stereocenters. The fourth-order valence-corrected chi connectivity index (χ4v) is 4.86. The van der Waals surface area contributed by atoms with E-state index in [1.807, 2.05) is 6.92 Å². The van der Waals surface area contributed by atoms with Crippen molar-refractivity contribution in [3.05, 3.63) is 27.1 Å². The van der Waals surface area contributed by atoms with Gasteiger partial charge in [-0.1, -0.05) is 41.1 Å². The Morgan fingerprint density at radius 3 is 2.66 bits per heavy atom. The molecule has 29 heavy (non-hydrogen) atoms. The number of imide groups is 1. The zero-order valence-electron chi connectivity index (χ0n) is 16.4. The van der Waals surface area contributed by atoms with E-state index in [0.717, 1.165) is 34.6 Å². The Kier molecular flexibility index (Phi) is 7.68. The molecule has 154 valence electrons. The van der Waals surface area contributed by atoms with Crippen molar-refractivity contribution in [2.75, 3.05) is 19.8 Å². The summed E-state index contributed by atoms with van der Waals surface area (Å²) in [6.07, 6.45) is 12.8. The van der Waals surface area contributed by atoms with Crippen LogP contribution in [0.4, 0.5) is 4.79 Å². The number of nitrogens with zero attached hydrogens (tertiary/aromatic N) is 1. The zero-order valence-corrected chi connectivity index (χ0v) is 18.8. The molecule has 1 heterocycles. The van der Waals surface area contributed by atoms with Gasteiger partial charge in [0.15, 0.2) is 11.5 Å². The quantitative estimate of drug-likeness (QED) is 0.384. The van der Waals surface area contributed by atoms with Crippen LogP contribution in [0, 0.1) is 18.3 Å². The Hall–Kier alpha value is -1.91. The maximum Gasteiger partial charge on any atom is 0.293 e. The van der Waals surface area contributed by atoms with Gasteiger partial charge in [0.2, 0.25) is 0 Å². The van der Waals surface area contributed by atoms with Crippen molar-refractivity contribution in [2.24, 2.45) is 5.92 Å². The highest BCUT2D eigenvalue weighted by Crippen LogP contribution is 2.39. The summed E-state index contributed by atoms with van der Waals surface area (Å²) < 4.78 is 11.9. The van der Waals surface area contributed by atoms with Crippen LogP contribution in [-0.2, 0) is 4.79 Å². The van der Waals surface area contributed by atoms with Crippen LogP contribution in [-0.4, -0.2) is 35.8 Å². The first-order valence-corrected chi connectivity index (χ1v) is 11.4. The second-order valence-electron chi connectivity index (χ2n) is 7.04. The van der Waals surface area contributed by atoms with Gasteiger partial charge in [-0.3, -0.25) is 14.5 Å². The number of rotatable bonds is 7. The summed E-state index contributed by atoms with van der Waals surface area (Å²) in [5.74, 6) is 3.70. The minimum absolute atomic E-state index is 0.131. The van der Waals surface area contributed by atoms with Crippen LogP contribution >= 0.6 is 27.7 Å². The van der Waals surface area contributed by atoms with Crippen molar-refractivity contribution in [1.29, 1.82) is 0 Å². The summed E-state index contributed by atoms with van der Waals surface area (Å²) in [4.78, 5) is 27.1. The molecule has 5 nitrogen and oxygen atoms in total. The van der Waals surface area contributed by atoms with E-state index in [2.05, 4.69) is 21.9 Å². The van der Waals surface area contributed by atoms with E-state index in [1.165, 1.54) is 24.2 Å². The third kappa shape index (κ3) is 5.37. The van der Waals surface area contributed by atoms with E-state index in [9.17, 15) is 9.59 Å². The summed E-state index contributed by atoms with van der Waals surface area (Å²) in [6.45, 7) is 2.99. The van der Waals surface area contributed by atoms with Gasteiger partial charge >= 0.3 is 0 Å². The average Bonchev–Trinajstić information content (AvgIpc) is 2.97. The maximum atomic E-state index is 12.8. The summed E-state index contributed by atoms with van der Waals surface area (Å²) in [5, 5.41) is -0.193. The summed E-state index contributed by atoms with van der Waals surface area (Å²) in [5.41, 5.74) is 0.740. The van der Waals surface area contributed by atoms with Gasteiger partial charge in [0.25, 0.3) is 11.1 Å². The molecule has 2 amide bonds. The van der Waals surface area contributed by atoms with E-state index < -0.39 is 0 Å². The molecule has 2 fully saturated rings. The lowest BCUT2D eigenvalue weighted by molar-refractivity contribution is -0.123. The highest BCUT2D eigenvalue weighted by atomic mass is 79.9. The number of benzene rings is 1. The molecule has 0 aromatic heterocycles. The van der Waals surface area contributed by atoms with Crippen molar-refractivity contribution >= 4 is 44.9 Å². The minimum Gasteiger partial charge on any atom is -0.490 e. The van der Waals surface area contributed by atoms with Crippen LogP contribution in [0.15, 0.2) is 21.5 Å². The van der Waals surface area contributed by atoms with Crippen LogP contribution in [0.2, 0.25) is 0 Å². The molecule has 0 spiro atoms. The van der Waals surface area contributed by atoms with Gasteiger partial charge in [-0.2, -0.15) is 0 Å². The first-order chi connectivity index (χ1) is 14.0. The fourth-order valence-electron chi connectivity index (χ4n) is 3.59. The van der Waals surface area contributed by atoms with Crippen LogP contribution in [0.1, 0.15) is 44.6 Å². The molecule has 0 radical (unpaired) electrons. The van der Waals surface area contributed by atoms with Gasteiger partial charge in [0, 0.05) is 11.0 Å². The number of carbonyl (C=O) groups is 2. The first-order valence-electron chi connectivity index (χ1n) is 9.81. The molecular formula is C22H24BrNO4S. The Labute approximate surface area is 184 Å². The molecule has 0 bridgehead atoms. The highest BCUT2D eigenvalue weighted by Gasteiger charge is 2.36. The largest absolute Gasteiger partial charge is 0.490 e. The van der Waals surface area contributed by atoms with Gasteiger partial charge in [-0.05, 0) is 61.2 Å². The van der Waals surface area contributed by atoms with Crippen LogP contribution in [0.5, 0.6) is 11.5 Å². The Bertz CT molecular complexity index is 855. The lowest BCUT2D eigenvalue weighted by atomic mass is 9.89. The zero-order chi connectivity index (χ0) is 20.8. The van der Waals surface area contributed by atoms with Crippen molar-refractivity contribution < 1.29 is 19.1 Å². The van der Waals surface area contributed by atoms with Gasteiger partial charge in [-0.25, -0.2) is 0 Å². The fraction of sp³-hybridized carbons (Fsp3) is 0.455. The lowest BCUT2D eigenvalue weighted by Crippen LogP contribution is -2.34. The van der Waals surface area contributed by atoms with Gasteiger partial charge < -0.3 is 9.47 Å². The van der Waals surface area contributed by atoms with Crippen LogP contribution in [0.3, 0.4) is 0 Å². The van der Waals surface area contributed by atoms with Crippen LogP contribution in [0.25, 0.3) is 6.08 Å². The monoisotopic (exact) mass is 477 g/mol. The van der Waals surface area contributed by atoms with Gasteiger partial charge in [0.1, 0.15) is 6.61 Å². The molecule has 1 saturated carbocycles. The predicted octanol–water partition coefficient (Wildman–Crippen LogP) is 5.48. The second kappa shape index (κ2) is 10.2. The minimum atomic E-state index is -0.219. The van der Waals surface area contributed by atoms with E-state index in [0.29, 0.717) is 35.5 Å². The molecule has 1 aliphatic heterocycles. The topological polar surface area (TPSA) is 55.8 Å². The predicted molar refractivity (Wildman–Crippen MR) is 119 cm³/mol. The summed E-state index contributed by atoms with van der Waals surface area (Å²) in [7, 11) is 0. The van der Waals surface area contributed by atoms with E-state index >= 15 is 0 Å². The highest BCUT2D eigenvalue weighted by molar-refractivity contribution is 9.10. The van der Waals surface area contributed by atoms with Gasteiger partial charge in [0.05, 0.1) is 11.5 Å². The standard InChI is InChI=1S/C22H24BrNO4S/c1-3-10-28-19-13-17(23)16(11-18(19)27-4-2)12-20-21(25)24(22(26)29-20)14-15-8-6-5-7-9-15/h1,11-13,15H,4-10,14H2,2H3/b20-12+. The summed E-state index contributed by atoms with van der Waals surface area (Å²) >= 11 is 4.50. The lowest BCUT2D eigenvalue weighted by Gasteiger charge is -2.25. The molecule has 1 aliphatic carbocycles. The number of thioether (sulfide) groups is 1. The SMILES string of the molecule is C#CCOc1cc(Br)c(/C=C2/SC(=O)N(CC3CCCCC3)C2=O)cc1OCC. The van der Waals surface area contributed by atoms with E-state index in [-0.39, 0.29) is 17.8 Å². The molecule has 2 aliphatic rings. The van der Waals surface area contributed by atoms with Crippen molar-refractivity contribution in [2.45, 2.75) is 39.0 Å². The summed E-state index contributed by atoms with van der Waals surface area (Å²) in [6, 6.07) is 3.55. The normalized spacial score (nSPS) is 18.9. The molecule has 3 rings (SSSR count). The molecule has 7 heteroatoms. The number of halogens is 1. The van der Waals surface area contributed by atoms with Gasteiger partial charge in [-0.15, -0.1) is 6.42 Å². The molecule has 1 aromatic carbocycles. The molecular weight excluding hydrogens is 454 g/mol. The maximum absolute atomic E-state index is 12.8. The van der Waals surface area contributed by atoms with E-state index in [4.69, 9.17) is 15.9 Å². The first kappa shape index (κ1) is 21.8. The Balaban J connectivity index is 1.81. The smallest absolute Gasteiger partial charge is 0.293 e. The number of amides is 2. The molecule has 1 aromatic rings. The number of ether oxygens (including phenoxy) is 2. The van der Waals surface area contributed by atoms with Crippen molar-refractivity contribution in [1.82, 2.24) is 4.90 Å². The number of hydrogen-bond donors (Lipinski definition) is 0. The number of carbonyl (C=O) groups excluding carboxylic acids is 2. The Morgan fingerprint density at radius 1 is 1.24 bits per heavy atom. The number of hydrogen-bond acceptors (Lipinski definition) is 5. The second-order valence-corrected chi connectivity index (χ2v) is 8.89. The van der Waals surface area contributed by atoms with Crippen LogP contribution < -0.4 is 9.47 Å². The average molecular weight is 478 g/mol. The van der Waals surface area contributed by atoms with Crippen molar-refractivity contribution in [3.8, 4) is 23.8 Å². The molecule has 0 atom stereocenters. The molecule has 1 saturated heterocycles. The third-order valence-corrected chi connectivity index (χ3v) is 6.59. The number of terminal acetylenes is 1. The van der Waals surface area contributed by atoms with Crippen molar-refractivity contribution in [3.63, 3.8) is 0 Å².